The van der Waals surface area contributed by atoms with Gasteiger partial charge < -0.3 is 24.4 Å². The van der Waals surface area contributed by atoms with E-state index in [2.05, 4.69) is 25.4 Å². The Bertz CT molecular complexity index is 1140. The number of anilines is 1. The highest BCUT2D eigenvalue weighted by Gasteiger charge is 2.27. The molecule has 0 saturated carbocycles. The maximum atomic E-state index is 15.1. The van der Waals surface area contributed by atoms with Crippen LogP contribution in [0.1, 0.15) is 24.3 Å². The number of rotatable bonds is 8. The number of aromatic nitrogens is 3. The Morgan fingerprint density at radius 2 is 2.00 bits per heavy atom. The molecule has 35 heavy (non-hydrogen) atoms. The van der Waals surface area contributed by atoms with Crippen molar-refractivity contribution in [1.82, 2.24) is 20.5 Å². The average Bonchev–Trinajstić information content (AvgIpc) is 3.53. The van der Waals surface area contributed by atoms with Crippen LogP contribution in [0.3, 0.4) is 0 Å². The number of hydrogen-bond donors (Lipinski definition) is 1. The lowest BCUT2D eigenvalue weighted by atomic mass is 10.1. The topological polar surface area (TPSA) is 81.6 Å². The van der Waals surface area contributed by atoms with E-state index in [0.717, 1.165) is 61.3 Å². The number of aryl methyl sites for hydroxylation is 1. The van der Waals surface area contributed by atoms with Crippen molar-refractivity contribution in [3.63, 3.8) is 0 Å². The fourth-order valence-corrected chi connectivity index (χ4v) is 5.41. The van der Waals surface area contributed by atoms with Crippen molar-refractivity contribution in [2.24, 2.45) is 0 Å². The molecule has 2 aliphatic heterocycles. The van der Waals surface area contributed by atoms with Gasteiger partial charge in [-0.05, 0) is 50.5 Å². The largest absolute Gasteiger partial charge is 0.467 e. The molecule has 2 saturated heterocycles. The Kier molecular flexibility index (Phi) is 7.52. The zero-order valence-corrected chi connectivity index (χ0v) is 20.8. The zero-order valence-electron chi connectivity index (χ0n) is 20.0. The molecule has 0 aliphatic carbocycles. The van der Waals surface area contributed by atoms with Crippen LogP contribution in [0, 0.1) is 12.7 Å². The molecular formula is C25H30FN5O3S. The maximum absolute atomic E-state index is 15.1. The summed E-state index contributed by atoms with van der Waals surface area (Å²) in [7, 11) is 1.55. The van der Waals surface area contributed by atoms with Crippen LogP contribution in [0.25, 0.3) is 21.7 Å². The van der Waals surface area contributed by atoms with Crippen molar-refractivity contribution in [1.29, 1.82) is 0 Å². The summed E-state index contributed by atoms with van der Waals surface area (Å²) < 4.78 is 31.4. The summed E-state index contributed by atoms with van der Waals surface area (Å²) in [6.45, 7) is 5.43. The molecule has 8 nitrogen and oxygen atoms in total. The fourth-order valence-electron chi connectivity index (χ4n) is 4.61. The van der Waals surface area contributed by atoms with Crippen molar-refractivity contribution in [2.75, 3.05) is 45.1 Å². The second kappa shape index (κ2) is 10.9. The van der Waals surface area contributed by atoms with Gasteiger partial charge in [-0.25, -0.2) is 9.37 Å². The minimum Gasteiger partial charge on any atom is -0.467 e. The molecule has 1 N–H and O–H groups in total. The van der Waals surface area contributed by atoms with E-state index in [1.165, 1.54) is 17.4 Å². The van der Waals surface area contributed by atoms with Gasteiger partial charge in [-0.1, -0.05) is 0 Å². The van der Waals surface area contributed by atoms with Crippen LogP contribution in [-0.4, -0.2) is 67.5 Å². The van der Waals surface area contributed by atoms with Crippen LogP contribution in [0.2, 0.25) is 0 Å². The molecule has 2 aliphatic rings. The highest BCUT2D eigenvalue weighted by atomic mass is 32.1. The third-order valence-electron chi connectivity index (χ3n) is 6.42. The number of halogens is 1. The smallest absolute Gasteiger partial charge is 0.188 e. The van der Waals surface area contributed by atoms with Crippen molar-refractivity contribution in [2.45, 2.75) is 38.3 Å². The Morgan fingerprint density at radius 1 is 1.14 bits per heavy atom. The Hall–Kier alpha value is -2.66. The van der Waals surface area contributed by atoms with E-state index < -0.39 is 0 Å². The predicted molar refractivity (Wildman–Crippen MR) is 133 cm³/mol. The first-order valence-corrected chi connectivity index (χ1v) is 12.7. The van der Waals surface area contributed by atoms with E-state index in [-0.39, 0.29) is 12.6 Å². The van der Waals surface area contributed by atoms with Crippen LogP contribution in [-0.2, 0) is 9.47 Å². The average molecular weight is 500 g/mol. The molecule has 3 aromatic rings. The second-order valence-electron chi connectivity index (χ2n) is 8.88. The van der Waals surface area contributed by atoms with Crippen LogP contribution in [0.4, 0.5) is 10.2 Å². The van der Waals surface area contributed by atoms with Crippen LogP contribution in [0.15, 0.2) is 30.5 Å². The highest BCUT2D eigenvalue weighted by Crippen LogP contribution is 2.37. The molecule has 0 amide bonds. The van der Waals surface area contributed by atoms with Crippen LogP contribution in [0.5, 0.6) is 5.75 Å². The molecule has 2 aromatic heterocycles. The van der Waals surface area contributed by atoms with E-state index in [4.69, 9.17) is 14.2 Å². The summed E-state index contributed by atoms with van der Waals surface area (Å²) >= 11 is 1.43. The van der Waals surface area contributed by atoms with E-state index in [1.807, 2.05) is 19.1 Å². The molecule has 186 valence electrons. The molecule has 1 aromatic carbocycles. The SMILES string of the molecule is COCOc1cc(-c2cnc(C)s2)c(F)cc1-c1ccc(N2CCC(NC3CCOCC3)C2)nn1. The van der Waals surface area contributed by atoms with E-state index in [9.17, 15) is 0 Å². The fraction of sp³-hybridized carbons (Fsp3) is 0.480. The van der Waals surface area contributed by atoms with Gasteiger partial charge in [0.2, 0.25) is 0 Å². The number of ether oxygens (including phenoxy) is 3. The third kappa shape index (κ3) is 5.61. The number of methoxy groups -OCH3 is 1. The van der Waals surface area contributed by atoms with Gasteiger partial charge >= 0.3 is 0 Å². The molecule has 0 bridgehead atoms. The van der Waals surface area contributed by atoms with Gasteiger partial charge in [0.05, 0.1) is 15.6 Å². The second-order valence-corrected chi connectivity index (χ2v) is 10.1. The molecule has 4 heterocycles. The number of benzene rings is 1. The molecule has 10 heteroatoms. The van der Waals surface area contributed by atoms with Crippen molar-refractivity contribution < 1.29 is 18.6 Å². The van der Waals surface area contributed by atoms with Gasteiger partial charge in [0.1, 0.15) is 11.6 Å². The van der Waals surface area contributed by atoms with Gasteiger partial charge in [-0.2, -0.15) is 0 Å². The Balaban J connectivity index is 1.33. The summed E-state index contributed by atoms with van der Waals surface area (Å²) in [6, 6.07) is 7.90. The molecule has 1 unspecified atom stereocenters. The van der Waals surface area contributed by atoms with Gasteiger partial charge in [0, 0.05) is 62.8 Å². The molecule has 1 atom stereocenters. The van der Waals surface area contributed by atoms with Gasteiger partial charge in [0.25, 0.3) is 0 Å². The van der Waals surface area contributed by atoms with Crippen molar-refractivity contribution >= 4 is 17.2 Å². The number of hydrogen-bond acceptors (Lipinski definition) is 9. The maximum Gasteiger partial charge on any atom is 0.188 e. The zero-order chi connectivity index (χ0) is 24.2. The summed E-state index contributed by atoms with van der Waals surface area (Å²) in [4.78, 5) is 7.23. The van der Waals surface area contributed by atoms with Gasteiger partial charge in [0.15, 0.2) is 12.6 Å². The van der Waals surface area contributed by atoms with E-state index in [0.29, 0.717) is 34.7 Å². The molecule has 0 radical (unpaired) electrons. The molecular weight excluding hydrogens is 469 g/mol. The molecule has 0 spiro atoms. The number of nitrogens with zero attached hydrogens (tertiary/aromatic N) is 4. The van der Waals surface area contributed by atoms with Gasteiger partial charge in [-0.15, -0.1) is 21.5 Å². The van der Waals surface area contributed by atoms with Crippen molar-refractivity contribution in [3.8, 4) is 27.4 Å². The minimum atomic E-state index is -0.360. The lowest BCUT2D eigenvalue weighted by molar-refractivity contribution is 0.0515. The first-order valence-electron chi connectivity index (χ1n) is 11.9. The normalized spacial score (nSPS) is 18.8. The molecule has 5 rings (SSSR count). The number of thiazole rings is 1. The first-order chi connectivity index (χ1) is 17.1. The summed E-state index contributed by atoms with van der Waals surface area (Å²) in [5.41, 5.74) is 1.51. The predicted octanol–water partition coefficient (Wildman–Crippen LogP) is 4.04. The quantitative estimate of drug-likeness (QED) is 0.465. The highest BCUT2D eigenvalue weighted by molar-refractivity contribution is 7.15. The Labute approximate surface area is 208 Å². The first kappa shape index (κ1) is 24.1. The van der Waals surface area contributed by atoms with Gasteiger partial charge in [-0.3, -0.25) is 0 Å². The number of nitrogens with one attached hydrogen (secondary N) is 1. The summed E-state index contributed by atoms with van der Waals surface area (Å²) in [5, 5.41) is 13.5. The van der Waals surface area contributed by atoms with Crippen LogP contribution < -0.4 is 15.0 Å². The van der Waals surface area contributed by atoms with Crippen molar-refractivity contribution in [3.05, 3.63) is 41.3 Å². The summed E-state index contributed by atoms with van der Waals surface area (Å²) in [5.74, 6) is 0.945. The van der Waals surface area contributed by atoms with E-state index >= 15 is 4.39 Å². The lowest BCUT2D eigenvalue weighted by Gasteiger charge is -2.26. The standard InChI is InChI=1S/C25H30FN5O3S/c1-16-27-13-24(35-16)19-12-23(34-15-32-2)20(11-21(19)26)22-3-4-25(30-29-22)31-8-5-18(14-31)28-17-6-9-33-10-7-17/h3-4,11-13,17-18,28H,5-10,14-15H2,1-2H3. The van der Waals surface area contributed by atoms with Crippen LogP contribution >= 0.6 is 11.3 Å². The monoisotopic (exact) mass is 499 g/mol. The minimum absolute atomic E-state index is 0.0423. The molecule has 2 fully saturated rings. The third-order valence-corrected chi connectivity index (χ3v) is 7.37. The summed E-state index contributed by atoms with van der Waals surface area (Å²) in [6.07, 6.45) is 4.87. The van der Waals surface area contributed by atoms with E-state index in [1.54, 1.807) is 19.4 Å². The lowest BCUT2D eigenvalue weighted by Crippen LogP contribution is -2.43. The Morgan fingerprint density at radius 3 is 2.71 bits per heavy atom.